The number of hydrogen-bond acceptors (Lipinski definition) is 6. The average molecular weight is 515 g/mol. The van der Waals surface area contributed by atoms with Gasteiger partial charge in [-0.2, -0.15) is 5.10 Å². The zero-order chi connectivity index (χ0) is 26.4. The van der Waals surface area contributed by atoms with Crippen LogP contribution in [-0.4, -0.2) is 74.3 Å². The lowest BCUT2D eigenvalue weighted by molar-refractivity contribution is 0.0494. The fourth-order valence-corrected chi connectivity index (χ4v) is 5.90. The van der Waals surface area contributed by atoms with Gasteiger partial charge in [-0.1, -0.05) is 0 Å². The highest BCUT2D eigenvalue weighted by Crippen LogP contribution is 2.30. The van der Waals surface area contributed by atoms with E-state index >= 15 is 0 Å². The summed E-state index contributed by atoms with van der Waals surface area (Å²) in [6, 6.07) is 6.32. The van der Waals surface area contributed by atoms with E-state index in [9.17, 15) is 9.59 Å². The van der Waals surface area contributed by atoms with E-state index in [2.05, 4.69) is 33.8 Å². The number of aryl methyl sites for hydroxylation is 2. The molecule has 0 saturated carbocycles. The van der Waals surface area contributed by atoms with Gasteiger partial charge in [-0.3, -0.25) is 24.2 Å². The molecule has 2 aliphatic rings. The minimum Gasteiger partial charge on any atom is -0.381 e. The van der Waals surface area contributed by atoms with Gasteiger partial charge in [0.05, 0.1) is 28.7 Å². The summed E-state index contributed by atoms with van der Waals surface area (Å²) in [5.74, 6) is 0.0324. The molecule has 198 valence electrons. The van der Waals surface area contributed by atoms with Crippen molar-refractivity contribution in [2.24, 2.45) is 0 Å². The van der Waals surface area contributed by atoms with Crippen molar-refractivity contribution in [1.29, 1.82) is 0 Å². The number of hydrogen-bond donors (Lipinski definition) is 1. The molecule has 0 spiro atoms. The maximum absolute atomic E-state index is 13.8. The van der Waals surface area contributed by atoms with Crippen molar-refractivity contribution in [3.8, 4) is 0 Å². The number of carbonyl (C=O) groups is 1. The molecule has 0 aliphatic carbocycles. The van der Waals surface area contributed by atoms with Gasteiger partial charge in [-0.25, -0.2) is 0 Å². The van der Waals surface area contributed by atoms with Crippen LogP contribution in [0, 0.1) is 13.8 Å². The Balaban J connectivity index is 1.31. The Morgan fingerprint density at radius 2 is 1.92 bits per heavy atom. The van der Waals surface area contributed by atoms with Gasteiger partial charge in [0.25, 0.3) is 11.5 Å². The first-order valence-electron chi connectivity index (χ1n) is 13.4. The summed E-state index contributed by atoms with van der Waals surface area (Å²) >= 11 is 0. The Bertz CT molecular complexity index is 1570. The van der Waals surface area contributed by atoms with Gasteiger partial charge in [-0.05, 0) is 68.5 Å². The van der Waals surface area contributed by atoms with E-state index in [4.69, 9.17) is 4.74 Å². The smallest absolute Gasteiger partial charge is 0.259 e. The van der Waals surface area contributed by atoms with Gasteiger partial charge in [0.2, 0.25) is 0 Å². The fourth-order valence-electron chi connectivity index (χ4n) is 5.90. The molecule has 9 heteroatoms. The molecule has 4 aromatic rings. The monoisotopic (exact) mass is 514 g/mol. The van der Waals surface area contributed by atoms with Crippen molar-refractivity contribution in [2.45, 2.75) is 52.2 Å². The van der Waals surface area contributed by atoms with Crippen molar-refractivity contribution in [2.75, 3.05) is 32.8 Å². The van der Waals surface area contributed by atoms with E-state index in [-0.39, 0.29) is 23.6 Å². The molecule has 1 atom stereocenters. The third kappa shape index (κ3) is 4.39. The van der Waals surface area contributed by atoms with E-state index in [1.54, 1.807) is 6.20 Å². The SMILES string of the molecule is Cc1ccncc1CN1CCN(C(=O)c2cc3c(cc2C)[nH]c(=O)c2cnn(C4CCOCC4)c23)C[C@@H]1C. The topological polar surface area (TPSA) is 96.4 Å². The maximum Gasteiger partial charge on any atom is 0.259 e. The average Bonchev–Trinajstić information content (AvgIpc) is 3.37. The zero-order valence-electron chi connectivity index (χ0n) is 22.2. The van der Waals surface area contributed by atoms with Gasteiger partial charge in [-0.15, -0.1) is 0 Å². The highest BCUT2D eigenvalue weighted by Gasteiger charge is 2.29. The number of amides is 1. The van der Waals surface area contributed by atoms with Crippen molar-refractivity contribution in [1.82, 2.24) is 29.5 Å². The predicted molar refractivity (Wildman–Crippen MR) is 146 cm³/mol. The number of nitrogens with zero attached hydrogens (tertiary/aromatic N) is 5. The molecular weight excluding hydrogens is 480 g/mol. The van der Waals surface area contributed by atoms with Crippen LogP contribution < -0.4 is 5.56 Å². The van der Waals surface area contributed by atoms with Crippen LogP contribution in [0.1, 0.15) is 52.9 Å². The second-order valence-corrected chi connectivity index (χ2v) is 10.7. The zero-order valence-corrected chi connectivity index (χ0v) is 22.2. The van der Waals surface area contributed by atoms with Crippen molar-refractivity contribution < 1.29 is 9.53 Å². The van der Waals surface area contributed by atoms with E-state index in [0.29, 0.717) is 37.3 Å². The fraction of sp³-hybridized carbons (Fsp3) is 0.448. The van der Waals surface area contributed by atoms with Gasteiger partial charge in [0.15, 0.2) is 0 Å². The second-order valence-electron chi connectivity index (χ2n) is 10.7. The maximum atomic E-state index is 13.8. The Hall–Kier alpha value is -3.56. The molecule has 2 fully saturated rings. The van der Waals surface area contributed by atoms with Crippen LogP contribution in [-0.2, 0) is 11.3 Å². The summed E-state index contributed by atoms with van der Waals surface area (Å²) in [7, 11) is 0. The van der Waals surface area contributed by atoms with Crippen LogP contribution >= 0.6 is 0 Å². The third-order valence-corrected chi connectivity index (χ3v) is 8.25. The first-order chi connectivity index (χ1) is 18.4. The molecule has 2 aliphatic heterocycles. The Labute approximate surface area is 221 Å². The number of H-pyrrole nitrogens is 1. The summed E-state index contributed by atoms with van der Waals surface area (Å²) in [4.78, 5) is 38.4. The number of carbonyl (C=O) groups excluding carboxylic acids is 1. The molecule has 1 aromatic carbocycles. The minimum absolute atomic E-state index is 0.0324. The highest BCUT2D eigenvalue weighted by molar-refractivity contribution is 6.07. The molecule has 5 heterocycles. The van der Waals surface area contributed by atoms with Gasteiger partial charge in [0.1, 0.15) is 0 Å². The van der Waals surface area contributed by atoms with Crippen LogP contribution in [0.25, 0.3) is 21.8 Å². The number of nitrogens with one attached hydrogen (secondary N) is 1. The molecule has 9 nitrogen and oxygen atoms in total. The predicted octanol–water partition coefficient (Wildman–Crippen LogP) is 3.59. The van der Waals surface area contributed by atoms with Crippen LogP contribution in [0.3, 0.4) is 0 Å². The summed E-state index contributed by atoms with van der Waals surface area (Å²) in [6.07, 6.45) is 7.11. The van der Waals surface area contributed by atoms with Gasteiger partial charge >= 0.3 is 0 Å². The summed E-state index contributed by atoms with van der Waals surface area (Å²) in [5.41, 5.74) is 5.37. The highest BCUT2D eigenvalue weighted by atomic mass is 16.5. The third-order valence-electron chi connectivity index (χ3n) is 8.25. The van der Waals surface area contributed by atoms with E-state index in [1.807, 2.05) is 47.1 Å². The van der Waals surface area contributed by atoms with Gasteiger partial charge < -0.3 is 14.6 Å². The normalized spacial score (nSPS) is 19.4. The van der Waals surface area contributed by atoms with E-state index in [0.717, 1.165) is 47.9 Å². The molecule has 6 rings (SSSR count). The van der Waals surface area contributed by atoms with E-state index < -0.39 is 0 Å². The number of ether oxygens (including phenoxy) is 1. The minimum atomic E-state index is -0.155. The lowest BCUT2D eigenvalue weighted by Crippen LogP contribution is -2.53. The Kier molecular flexibility index (Phi) is 6.49. The van der Waals surface area contributed by atoms with Crippen molar-refractivity contribution in [3.63, 3.8) is 0 Å². The number of benzene rings is 1. The summed E-state index contributed by atoms with van der Waals surface area (Å²) < 4.78 is 7.52. The molecule has 0 unspecified atom stereocenters. The number of aromatic nitrogens is 4. The molecule has 2 saturated heterocycles. The van der Waals surface area contributed by atoms with Crippen molar-refractivity contribution in [3.05, 3.63) is 69.4 Å². The molecule has 38 heavy (non-hydrogen) atoms. The first kappa shape index (κ1) is 24.8. The number of fused-ring (bicyclic) bond motifs is 3. The van der Waals surface area contributed by atoms with Crippen molar-refractivity contribution >= 4 is 27.7 Å². The van der Waals surface area contributed by atoms with Crippen LogP contribution in [0.2, 0.25) is 0 Å². The molecule has 0 bridgehead atoms. The van der Waals surface area contributed by atoms with E-state index in [1.165, 1.54) is 11.1 Å². The lowest BCUT2D eigenvalue weighted by atomic mass is 10.0. The quantitative estimate of drug-likeness (QED) is 0.447. The van der Waals surface area contributed by atoms with Crippen LogP contribution in [0.5, 0.6) is 0 Å². The van der Waals surface area contributed by atoms with Gasteiger partial charge in [0, 0.05) is 68.8 Å². The Morgan fingerprint density at radius 3 is 2.68 bits per heavy atom. The van der Waals surface area contributed by atoms with Crippen LogP contribution in [0.4, 0.5) is 0 Å². The molecule has 0 radical (unpaired) electrons. The molecular formula is C29H34N6O3. The number of aromatic amines is 1. The summed E-state index contributed by atoms with van der Waals surface area (Å²) in [5, 5.41) is 6.02. The Morgan fingerprint density at radius 1 is 1.11 bits per heavy atom. The largest absolute Gasteiger partial charge is 0.381 e. The molecule has 1 N–H and O–H groups in total. The van der Waals surface area contributed by atoms with Crippen LogP contribution in [0.15, 0.2) is 41.6 Å². The molecule has 1 amide bonds. The first-order valence-corrected chi connectivity index (χ1v) is 13.4. The standard InChI is InChI=1S/C29H34N6O3/c1-18-4-7-30-14-21(18)17-33-8-9-34(16-20(33)3)29(37)23-13-24-26(12-19(23)2)32-28(36)25-15-31-35(27(24)25)22-5-10-38-11-6-22/h4,7,12-15,20,22H,5-6,8-11,16-17H2,1-3H3,(H,32,36)/t20-/m0/s1. The molecule has 3 aromatic heterocycles. The number of rotatable bonds is 4. The lowest BCUT2D eigenvalue weighted by Gasteiger charge is -2.40. The second kappa shape index (κ2) is 9.96. The summed E-state index contributed by atoms with van der Waals surface area (Å²) in [6.45, 7) is 10.6. The number of pyridine rings is 2. The number of piperazine rings is 1.